The van der Waals surface area contributed by atoms with E-state index in [4.69, 9.17) is 9.47 Å². The van der Waals surface area contributed by atoms with Gasteiger partial charge in [-0.3, -0.25) is 0 Å². The number of nitrogens with one attached hydrogen (secondary N) is 1. The van der Waals surface area contributed by atoms with Crippen LogP contribution < -0.4 is 9.80 Å². The van der Waals surface area contributed by atoms with Crippen LogP contribution in [0.5, 0.6) is 5.75 Å². The normalized spacial score (nSPS) is 18.1. The number of ether oxygens (including phenoxy) is 2. The molecule has 2 aromatic rings. The molecule has 1 N–H and O–H groups in total. The summed E-state index contributed by atoms with van der Waals surface area (Å²) in [4.78, 5) is 0. The Hall–Kier alpha value is -2.40. The van der Waals surface area contributed by atoms with Gasteiger partial charge in [0.2, 0.25) is 0 Å². The number of hydroxylamine groups is 1. The summed E-state index contributed by atoms with van der Waals surface area (Å²) in [7, 11) is 3.31. The summed E-state index contributed by atoms with van der Waals surface area (Å²) in [6, 6.07) is 15.5. The zero-order valence-corrected chi connectivity index (χ0v) is 13.9. The average Bonchev–Trinajstić information content (AvgIpc) is 2.67. The lowest BCUT2D eigenvalue weighted by atomic mass is 10.0. The highest BCUT2D eigenvalue weighted by Crippen LogP contribution is 2.23. The van der Waals surface area contributed by atoms with Gasteiger partial charge < -0.3 is 19.7 Å². The lowest BCUT2D eigenvalue weighted by molar-refractivity contribution is -0.727. The van der Waals surface area contributed by atoms with Gasteiger partial charge in [0, 0.05) is 25.3 Å². The predicted molar refractivity (Wildman–Crippen MR) is 95.1 cm³/mol. The van der Waals surface area contributed by atoms with Crippen LogP contribution in [0.4, 0.5) is 5.69 Å². The molecular formula is C20H21NO3. The second kappa shape index (κ2) is 7.45. The quantitative estimate of drug-likeness (QED) is 0.859. The zero-order chi connectivity index (χ0) is 16.9. The number of methoxy groups -OCH3 is 2. The van der Waals surface area contributed by atoms with Gasteiger partial charge in [-0.05, 0) is 47.9 Å². The molecule has 0 aromatic heterocycles. The molecule has 0 amide bonds. The minimum Gasteiger partial charge on any atom is -0.623 e. The fourth-order valence-corrected chi connectivity index (χ4v) is 2.73. The minimum absolute atomic E-state index is 0.0208. The summed E-state index contributed by atoms with van der Waals surface area (Å²) in [5.74, 6) is 0.828. The highest BCUT2D eigenvalue weighted by atomic mass is 16.5. The second-order valence-electron chi connectivity index (χ2n) is 5.67. The smallest absolute Gasteiger partial charge is 0.136 e. The van der Waals surface area contributed by atoms with E-state index in [2.05, 4.69) is 0 Å². The molecular weight excluding hydrogens is 302 g/mol. The lowest BCUT2D eigenvalue weighted by Crippen LogP contribution is -2.99. The Morgan fingerprint density at radius 2 is 1.58 bits per heavy atom. The van der Waals surface area contributed by atoms with Crippen molar-refractivity contribution in [3.63, 3.8) is 0 Å². The topological polar surface area (TPSA) is 46.0 Å². The van der Waals surface area contributed by atoms with Gasteiger partial charge in [0.15, 0.2) is 0 Å². The predicted octanol–water partition coefficient (Wildman–Crippen LogP) is 3.24. The maximum atomic E-state index is 12.6. The van der Waals surface area contributed by atoms with E-state index in [0.29, 0.717) is 11.4 Å². The first kappa shape index (κ1) is 16.5. The summed E-state index contributed by atoms with van der Waals surface area (Å²) in [6.07, 6.45) is 6.53. The van der Waals surface area contributed by atoms with Crippen molar-refractivity contribution in [3.05, 3.63) is 77.7 Å². The van der Waals surface area contributed by atoms with Crippen LogP contribution in [-0.4, -0.2) is 20.3 Å². The number of rotatable bonds is 5. The maximum absolute atomic E-state index is 12.6. The third kappa shape index (κ3) is 3.57. The molecule has 0 saturated heterocycles. The monoisotopic (exact) mass is 323 g/mol. The molecule has 0 radical (unpaired) electrons. The first-order chi connectivity index (χ1) is 11.7. The molecule has 1 aliphatic rings. The molecule has 0 bridgehead atoms. The second-order valence-corrected chi connectivity index (χ2v) is 5.67. The molecule has 2 atom stereocenters. The highest BCUT2D eigenvalue weighted by molar-refractivity contribution is 5.65. The van der Waals surface area contributed by atoms with Crippen molar-refractivity contribution in [2.75, 3.05) is 14.2 Å². The largest absolute Gasteiger partial charge is 0.623 e. The summed E-state index contributed by atoms with van der Waals surface area (Å²) in [5, 5.41) is 12.6. The van der Waals surface area contributed by atoms with Gasteiger partial charge in [-0.25, -0.2) is 0 Å². The van der Waals surface area contributed by atoms with Gasteiger partial charge in [0.1, 0.15) is 17.1 Å². The SMILES string of the molecule is COc1ccc(-c2ccc([NH+]([O-])C3=CC(OC)CC=C3)cc2)cc1. The van der Waals surface area contributed by atoms with Gasteiger partial charge in [-0.1, -0.05) is 18.2 Å². The number of allylic oxidation sites excluding steroid dienone is 1. The van der Waals surface area contributed by atoms with Crippen molar-refractivity contribution in [2.45, 2.75) is 12.5 Å². The van der Waals surface area contributed by atoms with Crippen molar-refractivity contribution in [2.24, 2.45) is 0 Å². The minimum atomic E-state index is -0.0208. The zero-order valence-electron chi connectivity index (χ0n) is 13.9. The Balaban J connectivity index is 1.78. The molecule has 124 valence electrons. The van der Waals surface area contributed by atoms with Crippen LogP contribution in [0.1, 0.15) is 6.42 Å². The molecule has 2 aromatic carbocycles. The highest BCUT2D eigenvalue weighted by Gasteiger charge is 2.14. The molecule has 0 aliphatic heterocycles. The molecule has 0 heterocycles. The first-order valence-electron chi connectivity index (χ1n) is 7.91. The van der Waals surface area contributed by atoms with Crippen LogP contribution in [0.3, 0.4) is 0 Å². The third-order valence-electron chi connectivity index (χ3n) is 4.17. The summed E-state index contributed by atoms with van der Waals surface area (Å²) < 4.78 is 10.5. The molecule has 0 saturated carbocycles. The van der Waals surface area contributed by atoms with Crippen LogP contribution in [0.25, 0.3) is 11.1 Å². The number of hydrogen-bond donors (Lipinski definition) is 1. The van der Waals surface area contributed by atoms with Crippen molar-refractivity contribution in [1.29, 1.82) is 0 Å². The number of quaternary nitrogens is 1. The number of benzene rings is 2. The van der Waals surface area contributed by atoms with E-state index < -0.39 is 0 Å². The molecule has 24 heavy (non-hydrogen) atoms. The Morgan fingerprint density at radius 1 is 0.958 bits per heavy atom. The van der Waals surface area contributed by atoms with Crippen LogP contribution in [0.15, 0.2) is 72.5 Å². The van der Waals surface area contributed by atoms with Crippen molar-refractivity contribution < 1.29 is 14.5 Å². The van der Waals surface area contributed by atoms with E-state index in [0.717, 1.165) is 23.3 Å². The van der Waals surface area contributed by atoms with Crippen molar-refractivity contribution in [3.8, 4) is 16.9 Å². The molecule has 0 fully saturated rings. The van der Waals surface area contributed by atoms with Gasteiger partial charge in [0.25, 0.3) is 0 Å². The first-order valence-corrected chi connectivity index (χ1v) is 7.91. The maximum Gasteiger partial charge on any atom is 0.136 e. The van der Waals surface area contributed by atoms with E-state index in [9.17, 15) is 5.21 Å². The van der Waals surface area contributed by atoms with Gasteiger partial charge in [-0.2, -0.15) is 0 Å². The van der Waals surface area contributed by atoms with E-state index in [-0.39, 0.29) is 11.2 Å². The Bertz CT molecular complexity index is 732. The average molecular weight is 323 g/mol. The van der Waals surface area contributed by atoms with Crippen LogP contribution in [-0.2, 0) is 4.74 Å². The van der Waals surface area contributed by atoms with E-state index in [1.54, 1.807) is 14.2 Å². The van der Waals surface area contributed by atoms with E-state index in [1.807, 2.05) is 66.8 Å². The van der Waals surface area contributed by atoms with Crippen molar-refractivity contribution in [1.82, 2.24) is 0 Å². The standard InChI is InChI=1S/C20H21NO3/c1-23-19-12-8-16(9-13-19)15-6-10-17(11-7-15)21(22)18-4-3-5-20(14-18)24-2/h3-4,6-14,20-21H,5H2,1-2H3. The number of hydrogen-bond acceptors (Lipinski definition) is 3. The van der Waals surface area contributed by atoms with E-state index >= 15 is 0 Å². The van der Waals surface area contributed by atoms with Crippen LogP contribution in [0.2, 0.25) is 0 Å². The third-order valence-corrected chi connectivity index (χ3v) is 4.17. The molecule has 4 heteroatoms. The summed E-state index contributed by atoms with van der Waals surface area (Å²) >= 11 is 0. The Morgan fingerprint density at radius 3 is 2.17 bits per heavy atom. The Kier molecular flexibility index (Phi) is 5.11. The molecule has 1 aliphatic carbocycles. The summed E-state index contributed by atoms with van der Waals surface area (Å²) in [5.41, 5.74) is 3.52. The fourth-order valence-electron chi connectivity index (χ4n) is 2.73. The van der Waals surface area contributed by atoms with Crippen LogP contribution >= 0.6 is 0 Å². The van der Waals surface area contributed by atoms with Crippen LogP contribution in [0, 0.1) is 5.21 Å². The van der Waals surface area contributed by atoms with E-state index in [1.165, 1.54) is 0 Å². The molecule has 0 spiro atoms. The van der Waals surface area contributed by atoms with Crippen molar-refractivity contribution >= 4 is 5.69 Å². The molecule has 4 nitrogen and oxygen atoms in total. The molecule has 3 rings (SSSR count). The Labute approximate surface area is 142 Å². The fraction of sp³-hybridized carbons (Fsp3) is 0.200. The lowest BCUT2D eigenvalue weighted by Gasteiger charge is -2.25. The molecule has 2 unspecified atom stereocenters. The van der Waals surface area contributed by atoms with Gasteiger partial charge in [-0.15, -0.1) is 0 Å². The van der Waals surface area contributed by atoms with Gasteiger partial charge >= 0.3 is 0 Å². The summed E-state index contributed by atoms with van der Waals surface area (Å²) in [6.45, 7) is 0. The van der Waals surface area contributed by atoms with Gasteiger partial charge in [0.05, 0.1) is 13.2 Å².